The maximum atomic E-state index is 2.41. The van der Waals surface area contributed by atoms with Gasteiger partial charge < -0.3 is 0 Å². The molecule has 0 amide bonds. The molecular weight excluding hydrogens is 192 g/mol. The third-order valence-corrected chi connectivity index (χ3v) is 3.39. The Balaban J connectivity index is 2.21. The second-order valence-corrected chi connectivity index (χ2v) is 4.84. The largest absolute Gasteiger partial charge is 0.0693 e. The van der Waals surface area contributed by atoms with Crippen LogP contribution in [0.15, 0.2) is 23.8 Å². The molecule has 1 aromatic rings. The highest BCUT2D eigenvalue weighted by Gasteiger charge is 2.10. The van der Waals surface area contributed by atoms with Gasteiger partial charge in [-0.1, -0.05) is 56.5 Å². The number of hydrogen-bond donors (Lipinski definition) is 0. The number of rotatable bonds is 4. The minimum atomic E-state index is 1.22. The summed E-state index contributed by atoms with van der Waals surface area (Å²) in [7, 11) is 0. The molecule has 0 N–H and O–H groups in total. The van der Waals surface area contributed by atoms with Crippen molar-refractivity contribution >= 4 is 6.08 Å². The second kappa shape index (κ2) is 5.34. The van der Waals surface area contributed by atoms with E-state index in [1.54, 1.807) is 11.1 Å². The first kappa shape index (κ1) is 11.4. The van der Waals surface area contributed by atoms with Crippen LogP contribution in [0.1, 0.15) is 56.2 Å². The van der Waals surface area contributed by atoms with Gasteiger partial charge >= 0.3 is 0 Å². The van der Waals surface area contributed by atoms with Crippen molar-refractivity contribution in [3.63, 3.8) is 0 Å². The zero-order valence-electron chi connectivity index (χ0n) is 10.6. The van der Waals surface area contributed by atoms with Gasteiger partial charge in [0.1, 0.15) is 0 Å². The summed E-state index contributed by atoms with van der Waals surface area (Å²) in [5, 5.41) is 0. The summed E-state index contributed by atoms with van der Waals surface area (Å²) in [5.74, 6) is 0. The van der Waals surface area contributed by atoms with Crippen molar-refractivity contribution in [1.29, 1.82) is 0 Å². The summed E-state index contributed by atoms with van der Waals surface area (Å²) in [6.07, 6.45) is 9.95. The van der Waals surface area contributed by atoms with Gasteiger partial charge in [0.2, 0.25) is 0 Å². The van der Waals surface area contributed by atoms with Crippen molar-refractivity contribution in [3.8, 4) is 0 Å². The fraction of sp³-hybridized carbons (Fsp3) is 0.500. The van der Waals surface area contributed by atoms with Crippen LogP contribution in [0, 0.1) is 0 Å². The van der Waals surface area contributed by atoms with Crippen LogP contribution in [0.25, 0.3) is 6.08 Å². The molecule has 0 fully saturated rings. The van der Waals surface area contributed by atoms with Gasteiger partial charge in [-0.25, -0.2) is 0 Å². The van der Waals surface area contributed by atoms with Gasteiger partial charge in [0, 0.05) is 0 Å². The van der Waals surface area contributed by atoms with E-state index in [0.717, 1.165) is 0 Å². The van der Waals surface area contributed by atoms with Crippen LogP contribution in [-0.2, 0) is 12.8 Å². The third kappa shape index (κ3) is 2.55. The van der Waals surface area contributed by atoms with Crippen LogP contribution in [0.3, 0.4) is 0 Å². The highest BCUT2D eigenvalue weighted by atomic mass is 14.1. The molecule has 0 heterocycles. The quantitative estimate of drug-likeness (QED) is 0.677. The van der Waals surface area contributed by atoms with Crippen LogP contribution in [0.5, 0.6) is 0 Å². The summed E-state index contributed by atoms with van der Waals surface area (Å²) in [6.45, 7) is 4.51. The fourth-order valence-electron chi connectivity index (χ4n) is 2.57. The first-order valence-electron chi connectivity index (χ1n) is 6.64. The van der Waals surface area contributed by atoms with Crippen LogP contribution in [0.4, 0.5) is 0 Å². The van der Waals surface area contributed by atoms with Gasteiger partial charge in [0.15, 0.2) is 0 Å². The lowest BCUT2D eigenvalue weighted by molar-refractivity contribution is 0.811. The van der Waals surface area contributed by atoms with Gasteiger partial charge in [0.05, 0.1) is 0 Å². The Hall–Kier alpha value is -1.04. The molecule has 1 aromatic carbocycles. The monoisotopic (exact) mass is 214 g/mol. The molecule has 0 atom stereocenters. The SMILES string of the molecule is CCCC1=Cc2ccc(CCC)cc2CC1. The van der Waals surface area contributed by atoms with Crippen molar-refractivity contribution in [2.45, 2.75) is 52.4 Å². The van der Waals surface area contributed by atoms with E-state index in [-0.39, 0.29) is 0 Å². The van der Waals surface area contributed by atoms with Crippen LogP contribution in [0.2, 0.25) is 0 Å². The van der Waals surface area contributed by atoms with Gasteiger partial charge in [-0.05, 0) is 42.4 Å². The predicted octanol–water partition coefficient (Wildman–Crippen LogP) is 4.77. The minimum absolute atomic E-state index is 1.22. The molecule has 2 rings (SSSR count). The maximum absolute atomic E-state index is 2.41. The van der Waals surface area contributed by atoms with Crippen molar-refractivity contribution in [2.24, 2.45) is 0 Å². The Bertz CT molecular complexity index is 385. The van der Waals surface area contributed by atoms with E-state index >= 15 is 0 Å². The Morgan fingerprint density at radius 3 is 2.56 bits per heavy atom. The van der Waals surface area contributed by atoms with E-state index in [4.69, 9.17) is 0 Å². The zero-order valence-corrected chi connectivity index (χ0v) is 10.6. The van der Waals surface area contributed by atoms with Gasteiger partial charge in [-0.2, -0.15) is 0 Å². The third-order valence-electron chi connectivity index (χ3n) is 3.39. The standard InChI is InChI=1S/C16H22/c1-3-5-13-7-9-16-12-14(6-4-2)8-10-15(16)11-13/h7,9,11-12H,3-6,8,10H2,1-2H3. The van der Waals surface area contributed by atoms with Crippen LogP contribution in [-0.4, -0.2) is 0 Å². The molecule has 0 radical (unpaired) electrons. The zero-order chi connectivity index (χ0) is 11.4. The normalized spacial score (nSPS) is 14.5. The van der Waals surface area contributed by atoms with Crippen LogP contribution < -0.4 is 0 Å². The lowest BCUT2D eigenvalue weighted by Gasteiger charge is -2.17. The molecule has 16 heavy (non-hydrogen) atoms. The molecule has 0 nitrogen and oxygen atoms in total. The lowest BCUT2D eigenvalue weighted by Crippen LogP contribution is -2.00. The molecule has 0 unspecified atom stereocenters. The second-order valence-electron chi connectivity index (χ2n) is 4.84. The number of allylic oxidation sites excluding steroid dienone is 1. The van der Waals surface area contributed by atoms with Gasteiger partial charge in [-0.15, -0.1) is 0 Å². The van der Waals surface area contributed by atoms with Crippen molar-refractivity contribution in [1.82, 2.24) is 0 Å². The Morgan fingerprint density at radius 2 is 1.81 bits per heavy atom. The van der Waals surface area contributed by atoms with Crippen molar-refractivity contribution in [3.05, 3.63) is 40.5 Å². The molecule has 0 saturated carbocycles. The van der Waals surface area contributed by atoms with E-state index in [0.29, 0.717) is 0 Å². The van der Waals surface area contributed by atoms with E-state index in [2.05, 4.69) is 38.1 Å². The summed E-state index contributed by atoms with van der Waals surface area (Å²) in [5.41, 5.74) is 6.17. The molecule has 0 aliphatic heterocycles. The van der Waals surface area contributed by atoms with Gasteiger partial charge in [0.25, 0.3) is 0 Å². The average Bonchev–Trinajstić information content (AvgIpc) is 2.30. The number of aryl methyl sites for hydroxylation is 2. The Labute approximate surface area is 99.4 Å². The highest BCUT2D eigenvalue weighted by molar-refractivity contribution is 5.60. The molecular formula is C16H22. The summed E-state index contributed by atoms with van der Waals surface area (Å²) < 4.78 is 0. The van der Waals surface area contributed by atoms with Crippen molar-refractivity contribution < 1.29 is 0 Å². The topological polar surface area (TPSA) is 0 Å². The highest BCUT2D eigenvalue weighted by Crippen LogP contribution is 2.27. The molecule has 0 heteroatoms. The molecule has 1 aliphatic carbocycles. The number of benzene rings is 1. The molecule has 86 valence electrons. The number of hydrogen-bond acceptors (Lipinski definition) is 0. The summed E-state index contributed by atoms with van der Waals surface area (Å²) in [4.78, 5) is 0. The van der Waals surface area contributed by atoms with Gasteiger partial charge in [-0.3, -0.25) is 0 Å². The minimum Gasteiger partial charge on any atom is -0.0693 e. The summed E-state index contributed by atoms with van der Waals surface area (Å²) >= 11 is 0. The molecule has 0 aromatic heterocycles. The molecule has 0 bridgehead atoms. The lowest BCUT2D eigenvalue weighted by atomic mass is 9.89. The fourth-order valence-corrected chi connectivity index (χ4v) is 2.57. The molecule has 1 aliphatic rings. The van der Waals surface area contributed by atoms with Crippen molar-refractivity contribution in [2.75, 3.05) is 0 Å². The van der Waals surface area contributed by atoms with E-state index in [1.165, 1.54) is 49.7 Å². The first-order valence-corrected chi connectivity index (χ1v) is 6.64. The van der Waals surface area contributed by atoms with E-state index in [1.807, 2.05) is 0 Å². The summed E-state index contributed by atoms with van der Waals surface area (Å²) in [6, 6.07) is 7.03. The first-order chi connectivity index (χ1) is 7.83. The maximum Gasteiger partial charge on any atom is -0.0225 e. The Kier molecular flexibility index (Phi) is 3.82. The molecule has 0 spiro atoms. The number of fused-ring (bicyclic) bond motifs is 1. The smallest absolute Gasteiger partial charge is 0.0225 e. The predicted molar refractivity (Wildman–Crippen MR) is 71.6 cm³/mol. The van der Waals surface area contributed by atoms with E-state index in [9.17, 15) is 0 Å². The Morgan fingerprint density at radius 1 is 1.00 bits per heavy atom. The van der Waals surface area contributed by atoms with E-state index < -0.39 is 0 Å². The average molecular weight is 214 g/mol. The van der Waals surface area contributed by atoms with Crippen LogP contribution >= 0.6 is 0 Å². The molecule has 0 saturated heterocycles.